The lowest BCUT2D eigenvalue weighted by molar-refractivity contribution is 0.516. The molecule has 0 saturated heterocycles. The van der Waals surface area contributed by atoms with Gasteiger partial charge in [0.1, 0.15) is 0 Å². The van der Waals surface area contributed by atoms with Gasteiger partial charge in [-0.2, -0.15) is 5.10 Å². The highest BCUT2D eigenvalue weighted by Crippen LogP contribution is 2.27. The van der Waals surface area contributed by atoms with Crippen molar-refractivity contribution >= 4 is 0 Å². The summed E-state index contributed by atoms with van der Waals surface area (Å²) in [4.78, 5) is 7.62. The van der Waals surface area contributed by atoms with Gasteiger partial charge < -0.3 is 10.3 Å². The number of hydrogen-bond donors (Lipinski definition) is 2. The molecule has 3 heterocycles. The Balaban J connectivity index is 2.10. The zero-order valence-electron chi connectivity index (χ0n) is 9.49. The zero-order chi connectivity index (χ0) is 11.1. The molecule has 0 fully saturated rings. The van der Waals surface area contributed by atoms with Crippen molar-refractivity contribution in [2.75, 3.05) is 6.54 Å². The first kappa shape index (κ1) is 9.59. The van der Waals surface area contributed by atoms with E-state index < -0.39 is 0 Å². The summed E-state index contributed by atoms with van der Waals surface area (Å²) in [6.45, 7) is 3.06. The van der Waals surface area contributed by atoms with Gasteiger partial charge in [-0.05, 0) is 12.5 Å². The quantitative estimate of drug-likeness (QED) is 0.738. The van der Waals surface area contributed by atoms with Crippen molar-refractivity contribution in [3.63, 3.8) is 0 Å². The van der Waals surface area contributed by atoms with Gasteiger partial charge in [0.2, 0.25) is 0 Å². The first-order valence-electron chi connectivity index (χ1n) is 5.51. The van der Waals surface area contributed by atoms with E-state index in [1.807, 2.05) is 17.9 Å². The summed E-state index contributed by atoms with van der Waals surface area (Å²) < 4.78 is 1.93. The van der Waals surface area contributed by atoms with E-state index in [9.17, 15) is 0 Å². The molecule has 1 aliphatic heterocycles. The molecule has 3 rings (SSSR count). The monoisotopic (exact) mass is 217 g/mol. The van der Waals surface area contributed by atoms with Gasteiger partial charge in [0.25, 0.3) is 0 Å². The van der Waals surface area contributed by atoms with Gasteiger partial charge in [-0.25, -0.2) is 4.98 Å². The maximum Gasteiger partial charge on any atom is 0.0943 e. The maximum absolute atomic E-state index is 4.42. The molecule has 5 heteroatoms. The Hall–Kier alpha value is -1.62. The van der Waals surface area contributed by atoms with Crippen molar-refractivity contribution in [1.82, 2.24) is 25.1 Å². The third kappa shape index (κ3) is 1.28. The van der Waals surface area contributed by atoms with E-state index in [1.54, 1.807) is 6.33 Å². The highest BCUT2D eigenvalue weighted by Gasteiger charge is 2.27. The highest BCUT2D eigenvalue weighted by molar-refractivity contribution is 5.32. The number of aromatic amines is 1. The van der Waals surface area contributed by atoms with Gasteiger partial charge >= 0.3 is 0 Å². The van der Waals surface area contributed by atoms with Crippen LogP contribution >= 0.6 is 0 Å². The van der Waals surface area contributed by atoms with Crippen LogP contribution in [-0.2, 0) is 13.5 Å². The van der Waals surface area contributed by atoms with Gasteiger partial charge in [0, 0.05) is 25.7 Å². The zero-order valence-corrected chi connectivity index (χ0v) is 9.49. The van der Waals surface area contributed by atoms with Crippen LogP contribution in [0.15, 0.2) is 12.5 Å². The number of aromatic nitrogens is 4. The molecule has 0 bridgehead atoms. The van der Waals surface area contributed by atoms with E-state index in [0.717, 1.165) is 18.7 Å². The van der Waals surface area contributed by atoms with Crippen LogP contribution in [-0.4, -0.2) is 26.3 Å². The van der Waals surface area contributed by atoms with Crippen LogP contribution in [0.1, 0.15) is 28.7 Å². The average molecular weight is 217 g/mol. The van der Waals surface area contributed by atoms with Crippen molar-refractivity contribution in [3.8, 4) is 0 Å². The van der Waals surface area contributed by atoms with E-state index in [-0.39, 0.29) is 6.04 Å². The predicted octanol–water partition coefficient (Wildman–Crippen LogP) is 0.687. The van der Waals surface area contributed by atoms with Crippen molar-refractivity contribution in [1.29, 1.82) is 0 Å². The fraction of sp³-hybridized carbons (Fsp3) is 0.455. The smallest absolute Gasteiger partial charge is 0.0943 e. The molecule has 0 aromatic carbocycles. The third-order valence-electron chi connectivity index (χ3n) is 3.20. The Labute approximate surface area is 93.9 Å². The SMILES string of the molecule is Cc1cnn(C)c1C1NCCc2[nH]cnc21. The average Bonchev–Trinajstić information content (AvgIpc) is 2.86. The molecule has 2 N–H and O–H groups in total. The summed E-state index contributed by atoms with van der Waals surface area (Å²) in [5, 5.41) is 7.79. The van der Waals surface area contributed by atoms with Crippen LogP contribution in [0.25, 0.3) is 0 Å². The van der Waals surface area contributed by atoms with Crippen LogP contribution in [0, 0.1) is 6.92 Å². The van der Waals surface area contributed by atoms with Gasteiger partial charge in [0.05, 0.1) is 30.0 Å². The second-order valence-electron chi connectivity index (χ2n) is 4.24. The number of fused-ring (bicyclic) bond motifs is 1. The summed E-state index contributed by atoms with van der Waals surface area (Å²) in [7, 11) is 1.98. The number of hydrogen-bond acceptors (Lipinski definition) is 3. The van der Waals surface area contributed by atoms with E-state index >= 15 is 0 Å². The van der Waals surface area contributed by atoms with Gasteiger partial charge in [-0.15, -0.1) is 0 Å². The number of rotatable bonds is 1. The van der Waals surface area contributed by atoms with Crippen LogP contribution in [0.5, 0.6) is 0 Å². The minimum atomic E-state index is 0.169. The van der Waals surface area contributed by atoms with E-state index in [0.29, 0.717) is 0 Å². The fourth-order valence-electron chi connectivity index (χ4n) is 2.42. The standard InChI is InChI=1S/C11H15N5/c1-7-5-15-16(2)11(7)10-9-8(3-4-12-10)13-6-14-9/h5-6,10,12H,3-4H2,1-2H3,(H,13,14). The first-order valence-corrected chi connectivity index (χ1v) is 5.51. The molecule has 1 unspecified atom stereocenters. The minimum Gasteiger partial charge on any atom is -0.348 e. The normalized spacial score (nSPS) is 19.8. The molecule has 0 saturated carbocycles. The second kappa shape index (κ2) is 3.45. The number of H-pyrrole nitrogens is 1. The summed E-state index contributed by atoms with van der Waals surface area (Å²) in [6, 6.07) is 0.169. The van der Waals surface area contributed by atoms with Gasteiger partial charge in [-0.1, -0.05) is 0 Å². The van der Waals surface area contributed by atoms with Crippen molar-refractivity contribution < 1.29 is 0 Å². The molecular weight excluding hydrogens is 202 g/mol. The summed E-state index contributed by atoms with van der Waals surface area (Å²) in [6.07, 6.45) is 4.69. The summed E-state index contributed by atoms with van der Waals surface area (Å²) in [5.41, 5.74) is 4.76. The van der Waals surface area contributed by atoms with Crippen LogP contribution < -0.4 is 5.32 Å². The van der Waals surface area contributed by atoms with E-state index in [2.05, 4.69) is 27.3 Å². The number of nitrogens with zero attached hydrogens (tertiary/aromatic N) is 3. The van der Waals surface area contributed by atoms with Crippen LogP contribution in [0.3, 0.4) is 0 Å². The Bertz CT molecular complexity index is 491. The van der Waals surface area contributed by atoms with E-state index in [1.165, 1.54) is 17.0 Å². The lowest BCUT2D eigenvalue weighted by Crippen LogP contribution is -2.32. The van der Waals surface area contributed by atoms with Crippen molar-refractivity contribution in [2.45, 2.75) is 19.4 Å². The van der Waals surface area contributed by atoms with Crippen molar-refractivity contribution in [3.05, 3.63) is 35.2 Å². The topological polar surface area (TPSA) is 58.5 Å². The largest absolute Gasteiger partial charge is 0.348 e. The highest BCUT2D eigenvalue weighted by atomic mass is 15.3. The molecule has 0 spiro atoms. The van der Waals surface area contributed by atoms with Crippen molar-refractivity contribution in [2.24, 2.45) is 7.05 Å². The summed E-state index contributed by atoms with van der Waals surface area (Å²) in [5.74, 6) is 0. The van der Waals surface area contributed by atoms with Gasteiger partial charge in [0.15, 0.2) is 0 Å². The molecule has 1 aliphatic rings. The fourth-order valence-corrected chi connectivity index (χ4v) is 2.42. The molecule has 5 nitrogen and oxygen atoms in total. The third-order valence-corrected chi connectivity index (χ3v) is 3.20. The van der Waals surface area contributed by atoms with Gasteiger partial charge in [-0.3, -0.25) is 4.68 Å². The molecule has 0 amide bonds. The lowest BCUT2D eigenvalue weighted by atomic mass is 10.0. The second-order valence-corrected chi connectivity index (χ2v) is 4.24. The van der Waals surface area contributed by atoms with Crippen LogP contribution in [0.4, 0.5) is 0 Å². The molecular formula is C11H15N5. The van der Waals surface area contributed by atoms with E-state index in [4.69, 9.17) is 0 Å². The Morgan fingerprint density at radius 1 is 1.50 bits per heavy atom. The predicted molar refractivity (Wildman–Crippen MR) is 60.1 cm³/mol. The molecule has 2 aromatic heterocycles. The Morgan fingerprint density at radius 3 is 3.12 bits per heavy atom. The molecule has 1 atom stereocenters. The molecule has 2 aromatic rings. The number of aryl methyl sites for hydroxylation is 2. The number of nitrogens with one attached hydrogen (secondary N) is 2. The first-order chi connectivity index (χ1) is 7.77. The lowest BCUT2D eigenvalue weighted by Gasteiger charge is -2.23. The molecule has 84 valence electrons. The Kier molecular flexibility index (Phi) is 2.07. The minimum absolute atomic E-state index is 0.169. The summed E-state index contributed by atoms with van der Waals surface area (Å²) >= 11 is 0. The maximum atomic E-state index is 4.42. The molecule has 0 radical (unpaired) electrons. The molecule has 16 heavy (non-hydrogen) atoms. The number of imidazole rings is 1. The van der Waals surface area contributed by atoms with Crippen LogP contribution in [0.2, 0.25) is 0 Å². The molecule has 0 aliphatic carbocycles. The Morgan fingerprint density at radius 2 is 2.38 bits per heavy atom.